The highest BCUT2D eigenvalue weighted by Gasteiger charge is 2.15. The van der Waals surface area contributed by atoms with Crippen LogP contribution in [0.25, 0.3) is 0 Å². The van der Waals surface area contributed by atoms with Gasteiger partial charge in [0.15, 0.2) is 0 Å². The average molecular weight is 319 g/mol. The van der Waals surface area contributed by atoms with E-state index in [9.17, 15) is 9.59 Å². The topological polar surface area (TPSA) is 79.5 Å². The summed E-state index contributed by atoms with van der Waals surface area (Å²) in [5.74, 6) is -0.141. The molecule has 0 saturated carbocycles. The van der Waals surface area contributed by atoms with Crippen molar-refractivity contribution in [2.24, 2.45) is 0 Å². The van der Waals surface area contributed by atoms with Crippen molar-refractivity contribution in [2.75, 3.05) is 31.6 Å². The number of rotatable bonds is 8. The Balaban J connectivity index is 1.70. The minimum atomic E-state index is -0.0762. The normalized spacial score (nSPS) is 16.8. The molecule has 2 rings (SSSR count). The molecule has 1 aromatic rings. The maximum Gasteiger partial charge on any atom is 0.251 e. The lowest BCUT2D eigenvalue weighted by Gasteiger charge is -2.12. The number of carbonyl (C=O) groups is 2. The van der Waals surface area contributed by atoms with Gasteiger partial charge in [0.05, 0.1) is 12.6 Å². The molecule has 1 aromatic carbocycles. The van der Waals surface area contributed by atoms with E-state index in [4.69, 9.17) is 4.74 Å². The molecule has 0 spiro atoms. The smallest absolute Gasteiger partial charge is 0.251 e. The maximum absolute atomic E-state index is 11.8. The molecule has 23 heavy (non-hydrogen) atoms. The molecule has 0 aliphatic carbocycles. The van der Waals surface area contributed by atoms with E-state index >= 15 is 0 Å². The molecule has 1 heterocycles. The summed E-state index contributed by atoms with van der Waals surface area (Å²) in [6.07, 6.45) is 3.14. The second kappa shape index (κ2) is 9.15. The van der Waals surface area contributed by atoms with E-state index in [-0.39, 0.29) is 24.5 Å². The summed E-state index contributed by atoms with van der Waals surface area (Å²) in [5, 5.41) is 8.73. The zero-order valence-corrected chi connectivity index (χ0v) is 13.6. The fourth-order valence-corrected chi connectivity index (χ4v) is 2.36. The van der Waals surface area contributed by atoms with Gasteiger partial charge in [0.25, 0.3) is 5.91 Å². The van der Waals surface area contributed by atoms with Crippen LogP contribution >= 0.6 is 0 Å². The first-order valence-corrected chi connectivity index (χ1v) is 8.19. The molecule has 0 bridgehead atoms. The molecule has 3 N–H and O–H groups in total. The number of amides is 2. The van der Waals surface area contributed by atoms with E-state index in [0.29, 0.717) is 18.7 Å². The third kappa shape index (κ3) is 5.90. The van der Waals surface area contributed by atoms with Crippen LogP contribution in [0.2, 0.25) is 0 Å². The quantitative estimate of drug-likeness (QED) is 0.679. The number of nitrogens with one attached hydrogen (secondary N) is 3. The highest BCUT2D eigenvalue weighted by Crippen LogP contribution is 2.11. The van der Waals surface area contributed by atoms with E-state index in [1.165, 1.54) is 0 Å². The Hall–Kier alpha value is -2.08. The van der Waals surface area contributed by atoms with Crippen LogP contribution in [0.4, 0.5) is 5.69 Å². The first kappa shape index (κ1) is 17.3. The molecule has 1 aliphatic rings. The van der Waals surface area contributed by atoms with Gasteiger partial charge in [-0.15, -0.1) is 0 Å². The minimum Gasteiger partial charge on any atom is -0.376 e. The second-order valence-electron chi connectivity index (χ2n) is 5.63. The Bertz CT molecular complexity index is 510. The van der Waals surface area contributed by atoms with Gasteiger partial charge in [0.1, 0.15) is 0 Å². The molecule has 1 fully saturated rings. The van der Waals surface area contributed by atoms with E-state index in [1.54, 1.807) is 24.3 Å². The fourth-order valence-electron chi connectivity index (χ4n) is 2.36. The molecular formula is C17H25N3O3. The van der Waals surface area contributed by atoms with Gasteiger partial charge >= 0.3 is 0 Å². The molecule has 6 heteroatoms. The lowest BCUT2D eigenvalue weighted by atomic mass is 10.2. The second-order valence-corrected chi connectivity index (χ2v) is 5.63. The van der Waals surface area contributed by atoms with Crippen LogP contribution in [-0.2, 0) is 9.53 Å². The number of ether oxygens (including phenoxy) is 1. The van der Waals surface area contributed by atoms with E-state index in [0.717, 1.165) is 31.6 Å². The van der Waals surface area contributed by atoms with Crippen molar-refractivity contribution in [3.8, 4) is 0 Å². The van der Waals surface area contributed by atoms with E-state index in [2.05, 4.69) is 16.0 Å². The van der Waals surface area contributed by atoms with Crippen molar-refractivity contribution in [3.05, 3.63) is 29.8 Å². The van der Waals surface area contributed by atoms with Crippen LogP contribution in [-0.4, -0.2) is 44.2 Å². The SMILES string of the molecule is CCCNC(=O)c1ccc(NCC(=O)NCC2CCCO2)cc1. The summed E-state index contributed by atoms with van der Waals surface area (Å²) in [5.41, 5.74) is 1.43. The van der Waals surface area contributed by atoms with E-state index in [1.807, 2.05) is 6.92 Å². The summed E-state index contributed by atoms with van der Waals surface area (Å²) < 4.78 is 5.46. The molecule has 1 atom stereocenters. The number of carbonyl (C=O) groups excluding carboxylic acids is 2. The summed E-state index contributed by atoms with van der Waals surface area (Å²) in [6.45, 7) is 4.24. The third-order valence-corrected chi connectivity index (χ3v) is 3.69. The van der Waals surface area contributed by atoms with Crippen molar-refractivity contribution in [1.29, 1.82) is 0 Å². The molecule has 1 saturated heterocycles. The van der Waals surface area contributed by atoms with Gasteiger partial charge in [-0.05, 0) is 43.5 Å². The van der Waals surface area contributed by atoms with Gasteiger partial charge in [-0.2, -0.15) is 0 Å². The van der Waals surface area contributed by atoms with Gasteiger partial charge in [-0.3, -0.25) is 9.59 Å². The van der Waals surface area contributed by atoms with Gasteiger partial charge in [0.2, 0.25) is 5.91 Å². The minimum absolute atomic E-state index is 0.0646. The van der Waals surface area contributed by atoms with Crippen LogP contribution in [0.5, 0.6) is 0 Å². The van der Waals surface area contributed by atoms with Crippen LogP contribution in [0.15, 0.2) is 24.3 Å². The molecule has 2 amide bonds. The van der Waals surface area contributed by atoms with Crippen LogP contribution in [0, 0.1) is 0 Å². The lowest BCUT2D eigenvalue weighted by Crippen LogP contribution is -2.35. The molecule has 0 radical (unpaired) electrons. The Morgan fingerprint density at radius 3 is 2.65 bits per heavy atom. The highest BCUT2D eigenvalue weighted by atomic mass is 16.5. The van der Waals surface area contributed by atoms with Crippen molar-refractivity contribution in [2.45, 2.75) is 32.3 Å². The monoisotopic (exact) mass is 319 g/mol. The maximum atomic E-state index is 11.8. The van der Waals surface area contributed by atoms with E-state index < -0.39 is 0 Å². The zero-order chi connectivity index (χ0) is 16.5. The Kier molecular flexibility index (Phi) is 6.87. The first-order chi connectivity index (χ1) is 11.2. The van der Waals surface area contributed by atoms with Crippen molar-refractivity contribution < 1.29 is 14.3 Å². The Morgan fingerprint density at radius 2 is 2.00 bits per heavy atom. The van der Waals surface area contributed by atoms with Crippen molar-refractivity contribution in [3.63, 3.8) is 0 Å². The predicted molar refractivity (Wildman–Crippen MR) is 89.5 cm³/mol. The van der Waals surface area contributed by atoms with Gasteiger partial charge in [-0.25, -0.2) is 0 Å². The Labute approximate surface area is 137 Å². The predicted octanol–water partition coefficient (Wildman–Crippen LogP) is 1.53. The molecule has 0 aromatic heterocycles. The van der Waals surface area contributed by atoms with Crippen LogP contribution in [0.3, 0.4) is 0 Å². The summed E-state index contributed by atoms with van der Waals surface area (Å²) in [6, 6.07) is 7.09. The number of anilines is 1. The molecule has 126 valence electrons. The summed E-state index contributed by atoms with van der Waals surface area (Å²) in [7, 11) is 0. The summed E-state index contributed by atoms with van der Waals surface area (Å²) >= 11 is 0. The van der Waals surface area contributed by atoms with Crippen molar-refractivity contribution >= 4 is 17.5 Å². The lowest BCUT2D eigenvalue weighted by molar-refractivity contribution is -0.119. The van der Waals surface area contributed by atoms with Crippen LogP contribution < -0.4 is 16.0 Å². The fraction of sp³-hybridized carbons (Fsp3) is 0.529. The van der Waals surface area contributed by atoms with Crippen LogP contribution in [0.1, 0.15) is 36.5 Å². The standard InChI is InChI=1S/C17H25N3O3/c1-2-9-18-17(22)13-5-7-14(8-6-13)19-12-16(21)20-11-15-4-3-10-23-15/h5-8,15,19H,2-4,9-12H2,1H3,(H,18,22)(H,20,21). The Morgan fingerprint density at radius 1 is 1.22 bits per heavy atom. The van der Waals surface area contributed by atoms with Gasteiger partial charge < -0.3 is 20.7 Å². The third-order valence-electron chi connectivity index (χ3n) is 3.69. The van der Waals surface area contributed by atoms with Crippen molar-refractivity contribution in [1.82, 2.24) is 10.6 Å². The highest BCUT2D eigenvalue weighted by molar-refractivity contribution is 5.94. The average Bonchev–Trinajstić information content (AvgIpc) is 3.10. The first-order valence-electron chi connectivity index (χ1n) is 8.19. The summed E-state index contributed by atoms with van der Waals surface area (Å²) in [4.78, 5) is 23.6. The zero-order valence-electron chi connectivity index (χ0n) is 13.6. The molecule has 6 nitrogen and oxygen atoms in total. The number of hydrogen-bond acceptors (Lipinski definition) is 4. The molecule has 1 aliphatic heterocycles. The van der Waals surface area contributed by atoms with Gasteiger partial charge in [-0.1, -0.05) is 6.92 Å². The molecule has 1 unspecified atom stereocenters. The van der Waals surface area contributed by atoms with Gasteiger partial charge in [0, 0.05) is 30.9 Å². The number of hydrogen-bond donors (Lipinski definition) is 3. The molecular weight excluding hydrogens is 294 g/mol. The number of benzene rings is 1. The largest absolute Gasteiger partial charge is 0.376 e.